The Morgan fingerprint density at radius 3 is 1.52 bits per heavy atom. The molecule has 0 bridgehead atoms. The highest BCUT2D eigenvalue weighted by Crippen LogP contribution is 2.20. The molecule has 0 aromatic carbocycles. The van der Waals surface area contributed by atoms with Gasteiger partial charge in [0.05, 0.1) is 0 Å². The molecular weight excluding hydrogens is 362 g/mol. The van der Waals surface area contributed by atoms with Gasteiger partial charge in [-0.1, -0.05) is 102 Å². The molecule has 1 rings (SSSR count). The fourth-order valence-electron chi connectivity index (χ4n) is 3.12. The second kappa shape index (κ2) is 15.2. The van der Waals surface area contributed by atoms with Gasteiger partial charge in [-0.25, -0.2) is 4.58 Å². The number of hydrogen-bond donors (Lipinski definition) is 0. The van der Waals surface area contributed by atoms with Gasteiger partial charge in [0.25, 0.3) is 0 Å². The third-order valence-electron chi connectivity index (χ3n) is 4.74. The molecule has 146 valence electrons. The first-order chi connectivity index (χ1) is 12.1. The van der Waals surface area contributed by atoms with Crippen LogP contribution in [0.25, 0.3) is 0 Å². The molecule has 0 aliphatic carbocycles. The van der Waals surface area contributed by atoms with Crippen molar-refractivity contribution >= 4 is 35.3 Å². The summed E-state index contributed by atoms with van der Waals surface area (Å²) in [7, 11) is 4.21. The molecule has 0 fully saturated rings. The molecule has 0 aliphatic rings. The highest BCUT2D eigenvalue weighted by molar-refractivity contribution is 7.63. The van der Waals surface area contributed by atoms with Gasteiger partial charge in [-0.05, 0) is 17.7 Å². The molecule has 1 aromatic heterocycles. The highest BCUT2D eigenvalue weighted by Gasteiger charge is 2.01. The smallest absolute Gasteiger partial charge is 0.219 e. The molecule has 0 saturated carbocycles. The Bertz CT molecular complexity index is 497. The number of rotatable bonds is 15. The van der Waals surface area contributed by atoms with Crippen LogP contribution in [0, 0.1) is 0 Å². The van der Waals surface area contributed by atoms with Crippen LogP contribution in [0.3, 0.4) is 0 Å². The Morgan fingerprint density at radius 2 is 1.12 bits per heavy atom. The van der Waals surface area contributed by atoms with Crippen molar-refractivity contribution in [2.24, 2.45) is 0 Å². The first-order valence-corrected chi connectivity index (χ1v) is 12.5. The Hall–Kier alpha value is 0.0700. The predicted octanol–water partition coefficient (Wildman–Crippen LogP) is 6.77. The van der Waals surface area contributed by atoms with Crippen LogP contribution in [-0.2, 0) is 19.0 Å². The lowest BCUT2D eigenvalue weighted by Crippen LogP contribution is -2.14. The van der Waals surface area contributed by atoms with Gasteiger partial charge < -0.3 is 12.6 Å². The Balaban J connectivity index is 1.90. The molecule has 0 aliphatic heterocycles. The molecule has 1 aromatic rings. The van der Waals surface area contributed by atoms with Crippen molar-refractivity contribution in [1.29, 1.82) is 0 Å². The van der Waals surface area contributed by atoms with E-state index >= 15 is 0 Å². The zero-order chi connectivity index (χ0) is 18.3. The Morgan fingerprint density at radius 1 is 0.680 bits per heavy atom. The van der Waals surface area contributed by atoms with Crippen LogP contribution in [0.1, 0.15) is 102 Å². The summed E-state index contributed by atoms with van der Waals surface area (Å²) < 4.78 is 4.63. The van der Waals surface area contributed by atoms with E-state index in [4.69, 9.17) is 12.6 Å². The fourth-order valence-corrected chi connectivity index (χ4v) is 5.99. The molecule has 1 nitrogen and oxygen atoms in total. The van der Waals surface area contributed by atoms with Crippen molar-refractivity contribution in [1.82, 2.24) is 4.58 Å². The normalized spacial score (nSPS) is 11.2. The highest BCUT2D eigenvalue weighted by atomic mass is 32.2. The van der Waals surface area contributed by atoms with Gasteiger partial charge in [0.2, 0.25) is 3.98 Å². The van der Waals surface area contributed by atoms with Crippen LogP contribution in [0.5, 0.6) is 0 Å². The molecule has 1 heterocycles. The van der Waals surface area contributed by atoms with Gasteiger partial charge in [0.1, 0.15) is 14.1 Å². The van der Waals surface area contributed by atoms with Crippen molar-refractivity contribution in [3.8, 4) is 0 Å². The van der Waals surface area contributed by atoms with Gasteiger partial charge in [-0.2, -0.15) is 0 Å². The van der Waals surface area contributed by atoms with Crippen LogP contribution < -0.4 is 8.56 Å². The van der Waals surface area contributed by atoms with Crippen molar-refractivity contribution in [2.45, 2.75) is 107 Å². The van der Waals surface area contributed by atoms with E-state index < -0.39 is 0 Å². The number of nitrogens with zero attached hydrogens (tertiary/aromatic N) is 1. The average Bonchev–Trinajstić information content (AvgIpc) is 2.96. The molecular formula is C21H39NS3. The second-order valence-electron chi connectivity index (χ2n) is 7.42. The van der Waals surface area contributed by atoms with Crippen LogP contribution in [0.4, 0.5) is 0 Å². The molecule has 0 radical (unpaired) electrons. The van der Waals surface area contributed by atoms with Crippen LogP contribution in [0.2, 0.25) is 0 Å². The Kier molecular flexibility index (Phi) is 14.0. The van der Waals surface area contributed by atoms with Crippen molar-refractivity contribution in [2.75, 3.05) is 14.1 Å². The fraction of sp³-hybridized carbons (Fsp3) is 0.857. The maximum absolute atomic E-state index is 5.49. The largest absolute Gasteiger partial charge is 0.427 e. The minimum atomic E-state index is 1.11. The zero-order valence-electron chi connectivity index (χ0n) is 16.8. The zero-order valence-corrected chi connectivity index (χ0v) is 19.2. The monoisotopic (exact) mass is 401 g/mol. The van der Waals surface area contributed by atoms with Crippen molar-refractivity contribution in [3.63, 3.8) is 0 Å². The average molecular weight is 402 g/mol. The molecule has 0 atom stereocenters. The quantitative estimate of drug-likeness (QED) is 0.178. The van der Waals surface area contributed by atoms with E-state index in [2.05, 4.69) is 25.6 Å². The first kappa shape index (κ1) is 23.1. The molecule has 0 unspecified atom stereocenters. The third-order valence-corrected chi connectivity index (χ3v) is 8.16. The van der Waals surface area contributed by atoms with Crippen LogP contribution in [-0.4, -0.2) is 14.1 Å². The number of aryl methyl sites for hydroxylation is 1. The van der Waals surface area contributed by atoms with E-state index in [-0.39, 0.29) is 0 Å². The lowest BCUT2D eigenvalue weighted by Gasteiger charge is -2.04. The van der Waals surface area contributed by atoms with E-state index in [9.17, 15) is 0 Å². The lowest BCUT2D eigenvalue weighted by molar-refractivity contribution is 0.535. The molecule has 25 heavy (non-hydrogen) atoms. The minimum absolute atomic E-state index is 1.11. The van der Waals surface area contributed by atoms with E-state index in [0.717, 1.165) is 4.21 Å². The van der Waals surface area contributed by atoms with Gasteiger partial charge in [-0.3, -0.25) is 11.3 Å². The van der Waals surface area contributed by atoms with Crippen molar-refractivity contribution in [3.05, 3.63) is 8.86 Å². The summed E-state index contributed by atoms with van der Waals surface area (Å²) >= 11 is 9.16. The van der Waals surface area contributed by atoms with E-state index in [1.165, 1.54) is 105 Å². The van der Waals surface area contributed by atoms with Crippen LogP contribution >= 0.6 is 22.7 Å². The lowest BCUT2D eigenvalue weighted by atomic mass is 10.0. The minimum Gasteiger partial charge on any atom is -0.427 e. The maximum Gasteiger partial charge on any atom is 0.219 e. The molecule has 4 heteroatoms. The molecule has 0 saturated heterocycles. The summed E-state index contributed by atoms with van der Waals surface area (Å²) in [6, 6.07) is 0. The van der Waals surface area contributed by atoms with E-state index in [1.54, 1.807) is 11.3 Å². The maximum atomic E-state index is 5.49. The topological polar surface area (TPSA) is 3.01 Å². The summed E-state index contributed by atoms with van der Waals surface area (Å²) in [4.78, 5) is 1.43. The molecule has 0 amide bonds. The summed E-state index contributed by atoms with van der Waals surface area (Å²) in [5, 5.41) is 0. The summed E-state index contributed by atoms with van der Waals surface area (Å²) in [5.74, 6) is 0. The first-order valence-electron chi connectivity index (χ1n) is 10.4. The van der Waals surface area contributed by atoms with E-state index in [1.807, 2.05) is 11.3 Å². The SMILES string of the molecule is CCCCCCCCCCCCCCCCc1sc(=[N+](C)C)sc1[S-]. The Labute approximate surface area is 170 Å². The molecule has 0 spiro atoms. The predicted molar refractivity (Wildman–Crippen MR) is 119 cm³/mol. The summed E-state index contributed by atoms with van der Waals surface area (Å²) in [5.41, 5.74) is 0. The van der Waals surface area contributed by atoms with Gasteiger partial charge in [0, 0.05) is 0 Å². The molecule has 0 N–H and O–H groups in total. The van der Waals surface area contributed by atoms with Crippen LogP contribution in [0.15, 0.2) is 4.21 Å². The third kappa shape index (κ3) is 11.4. The summed E-state index contributed by atoms with van der Waals surface area (Å²) in [6.45, 7) is 2.29. The number of unbranched alkanes of at least 4 members (excludes halogenated alkanes) is 13. The standard InChI is InChI=1S/C21H39NS3/c1-4-5-6-7-8-9-10-11-12-13-14-15-16-17-18-19-20(23)25-21(24-19)22(2)3/h4-18H2,1-3H3. The number of hydrogen-bond acceptors (Lipinski definition) is 3. The van der Waals surface area contributed by atoms with Gasteiger partial charge in [-0.15, -0.1) is 4.21 Å². The van der Waals surface area contributed by atoms with Crippen molar-refractivity contribution < 1.29 is 0 Å². The second-order valence-corrected chi connectivity index (χ2v) is 10.4. The van der Waals surface area contributed by atoms with Gasteiger partial charge >= 0.3 is 0 Å². The summed E-state index contributed by atoms with van der Waals surface area (Å²) in [6.07, 6.45) is 21.1. The van der Waals surface area contributed by atoms with E-state index in [0.29, 0.717) is 0 Å². The van der Waals surface area contributed by atoms with Gasteiger partial charge in [0.15, 0.2) is 0 Å².